The summed E-state index contributed by atoms with van der Waals surface area (Å²) >= 11 is 0. The first-order valence-corrected chi connectivity index (χ1v) is 9.88. The molecule has 0 aliphatic heterocycles. The third kappa shape index (κ3) is 2.18. The molecule has 0 saturated heterocycles. The second kappa shape index (κ2) is 6.03. The minimum Gasteiger partial charge on any atom is -0.390 e. The van der Waals surface area contributed by atoms with E-state index in [1.165, 1.54) is 19.9 Å². The first-order chi connectivity index (χ1) is 13.4. The minimum absolute atomic E-state index is 0.0216. The van der Waals surface area contributed by atoms with Crippen molar-refractivity contribution in [1.29, 1.82) is 0 Å². The average Bonchev–Trinajstić information content (AvgIpc) is 2.86. The molecular weight excluding hydrogens is 386 g/mol. The van der Waals surface area contributed by atoms with Crippen molar-refractivity contribution in [3.63, 3.8) is 0 Å². The molecule has 8 heteroatoms. The van der Waals surface area contributed by atoms with Crippen LogP contribution in [0.2, 0.25) is 0 Å². The summed E-state index contributed by atoms with van der Waals surface area (Å²) in [6, 6.07) is 0. The number of carbonyl (C=O) groups is 2. The van der Waals surface area contributed by atoms with Gasteiger partial charge in [0.25, 0.3) is 0 Å². The van der Waals surface area contributed by atoms with Crippen molar-refractivity contribution in [2.45, 2.75) is 62.8 Å². The molecule has 160 valence electrons. The Hall–Kier alpha value is -1.48. The molecular formula is C21H26F2O6. The van der Waals surface area contributed by atoms with Crippen molar-refractivity contribution in [3.8, 4) is 0 Å². The van der Waals surface area contributed by atoms with Gasteiger partial charge in [-0.3, -0.25) is 9.59 Å². The van der Waals surface area contributed by atoms with E-state index in [2.05, 4.69) is 0 Å². The first kappa shape index (κ1) is 20.8. The van der Waals surface area contributed by atoms with Crippen LogP contribution in [0.25, 0.3) is 0 Å². The summed E-state index contributed by atoms with van der Waals surface area (Å²) in [5, 5.41) is 42.0. The molecule has 0 amide bonds. The van der Waals surface area contributed by atoms with Crippen molar-refractivity contribution >= 4 is 11.6 Å². The molecule has 0 aromatic heterocycles. The number of aliphatic hydroxyl groups excluding tert-OH is 3. The molecule has 3 saturated carbocycles. The summed E-state index contributed by atoms with van der Waals surface area (Å²) in [5.74, 6) is -3.37. The van der Waals surface area contributed by atoms with Gasteiger partial charge in [-0.1, -0.05) is 13.0 Å². The van der Waals surface area contributed by atoms with Crippen molar-refractivity contribution in [2.24, 2.45) is 22.7 Å². The van der Waals surface area contributed by atoms with Gasteiger partial charge in [0.1, 0.15) is 12.8 Å². The van der Waals surface area contributed by atoms with Crippen LogP contribution in [0.5, 0.6) is 0 Å². The van der Waals surface area contributed by atoms with E-state index in [4.69, 9.17) is 0 Å². The smallest absolute Gasteiger partial charge is 0.192 e. The van der Waals surface area contributed by atoms with Crippen LogP contribution in [0.3, 0.4) is 0 Å². The van der Waals surface area contributed by atoms with Crippen LogP contribution in [0, 0.1) is 22.7 Å². The van der Waals surface area contributed by atoms with Gasteiger partial charge in [0.2, 0.25) is 0 Å². The predicted octanol–water partition coefficient (Wildman–Crippen LogP) is 0.569. The van der Waals surface area contributed by atoms with Crippen LogP contribution >= 0.6 is 0 Å². The Morgan fingerprint density at radius 3 is 2.48 bits per heavy atom. The highest BCUT2D eigenvalue weighted by atomic mass is 19.1. The lowest BCUT2D eigenvalue weighted by Crippen LogP contribution is -2.70. The molecule has 4 aliphatic carbocycles. The highest BCUT2D eigenvalue weighted by Gasteiger charge is 2.77. The Morgan fingerprint density at radius 1 is 1.21 bits per heavy atom. The summed E-state index contributed by atoms with van der Waals surface area (Å²) in [4.78, 5) is 24.2. The molecule has 0 aromatic rings. The van der Waals surface area contributed by atoms with Gasteiger partial charge in [0.15, 0.2) is 22.8 Å². The lowest BCUT2D eigenvalue weighted by atomic mass is 9.44. The molecule has 6 nitrogen and oxygen atoms in total. The molecule has 4 aliphatic rings. The molecule has 0 heterocycles. The summed E-state index contributed by atoms with van der Waals surface area (Å²) in [6.07, 6.45) is -2.21. The molecule has 0 bridgehead atoms. The first-order valence-electron chi connectivity index (χ1n) is 9.88. The van der Waals surface area contributed by atoms with Gasteiger partial charge in [-0.05, 0) is 49.8 Å². The zero-order chi connectivity index (χ0) is 21.6. The fourth-order valence-electron chi connectivity index (χ4n) is 6.84. The van der Waals surface area contributed by atoms with Crippen LogP contribution in [0.4, 0.5) is 8.78 Å². The molecule has 0 aromatic carbocycles. The highest BCUT2D eigenvalue weighted by molar-refractivity contribution is 6.01. The zero-order valence-corrected chi connectivity index (χ0v) is 16.3. The van der Waals surface area contributed by atoms with E-state index < -0.39 is 70.5 Å². The summed E-state index contributed by atoms with van der Waals surface area (Å²) in [6.45, 7) is 1.91. The van der Waals surface area contributed by atoms with Crippen molar-refractivity contribution < 1.29 is 38.8 Å². The number of ketones is 2. The van der Waals surface area contributed by atoms with E-state index in [0.717, 1.165) is 12.2 Å². The molecule has 29 heavy (non-hydrogen) atoms. The predicted molar refractivity (Wildman–Crippen MR) is 97.1 cm³/mol. The van der Waals surface area contributed by atoms with E-state index in [1.54, 1.807) is 0 Å². The Morgan fingerprint density at radius 2 is 1.86 bits per heavy atom. The molecule has 2 unspecified atom stereocenters. The van der Waals surface area contributed by atoms with E-state index in [1.807, 2.05) is 0 Å². The SMILES string of the molecule is CC12C=CC(=O)C=C1[C@@H](F)CC1[C@@H]3C[C@@H](O)[C@](O)(C(=O)CO)[C@@]3(C)C[C@H](O)[C@@]12F. The Labute approximate surface area is 166 Å². The van der Waals surface area contributed by atoms with Crippen LogP contribution in [0.15, 0.2) is 23.8 Å². The molecule has 3 fully saturated rings. The molecule has 4 rings (SSSR count). The van der Waals surface area contributed by atoms with E-state index in [-0.39, 0.29) is 24.8 Å². The van der Waals surface area contributed by atoms with Gasteiger partial charge in [-0.25, -0.2) is 8.78 Å². The Bertz CT molecular complexity index is 841. The van der Waals surface area contributed by atoms with Crippen LogP contribution in [0.1, 0.15) is 33.1 Å². The lowest BCUT2D eigenvalue weighted by molar-refractivity contribution is -0.226. The average molecular weight is 412 g/mol. The number of halogens is 2. The number of hydrogen-bond acceptors (Lipinski definition) is 6. The number of fused-ring (bicyclic) bond motifs is 5. The summed E-state index contributed by atoms with van der Waals surface area (Å²) in [7, 11) is 0. The van der Waals surface area contributed by atoms with Gasteiger partial charge < -0.3 is 20.4 Å². The number of carbonyl (C=O) groups excluding carboxylic acids is 2. The Kier molecular flexibility index (Phi) is 4.32. The van der Waals surface area contributed by atoms with E-state index in [9.17, 15) is 30.0 Å². The van der Waals surface area contributed by atoms with Crippen molar-refractivity contribution in [3.05, 3.63) is 23.8 Å². The van der Waals surface area contributed by atoms with Gasteiger partial charge in [0.05, 0.1) is 12.2 Å². The largest absolute Gasteiger partial charge is 0.390 e. The maximum absolute atomic E-state index is 16.8. The number of alkyl halides is 2. The van der Waals surface area contributed by atoms with Gasteiger partial charge >= 0.3 is 0 Å². The maximum Gasteiger partial charge on any atom is 0.192 e. The van der Waals surface area contributed by atoms with Crippen LogP contribution in [-0.2, 0) is 9.59 Å². The number of Topliss-reactive ketones (excluding diaryl/α,β-unsaturated/α-hetero) is 1. The topological polar surface area (TPSA) is 115 Å². The third-order valence-corrected chi connectivity index (χ3v) is 8.42. The monoisotopic (exact) mass is 412 g/mol. The van der Waals surface area contributed by atoms with Crippen LogP contribution < -0.4 is 0 Å². The summed E-state index contributed by atoms with van der Waals surface area (Å²) in [5.41, 5.74) is -7.76. The third-order valence-electron chi connectivity index (χ3n) is 8.42. The number of rotatable bonds is 2. The minimum atomic E-state index is -2.37. The number of hydrogen-bond donors (Lipinski definition) is 4. The highest BCUT2D eigenvalue weighted by Crippen LogP contribution is 2.69. The normalized spacial score (nSPS) is 53.7. The van der Waals surface area contributed by atoms with Crippen molar-refractivity contribution in [2.75, 3.05) is 6.61 Å². The van der Waals surface area contributed by atoms with Gasteiger partial charge in [0, 0.05) is 16.7 Å². The quantitative estimate of drug-likeness (QED) is 0.527. The van der Waals surface area contributed by atoms with E-state index in [0.29, 0.717) is 0 Å². The van der Waals surface area contributed by atoms with Crippen molar-refractivity contribution in [1.82, 2.24) is 0 Å². The number of aliphatic hydroxyl groups is 4. The van der Waals surface area contributed by atoms with Gasteiger partial charge in [-0.15, -0.1) is 0 Å². The fraction of sp³-hybridized carbons (Fsp3) is 0.714. The number of allylic oxidation sites excluding steroid dienone is 4. The summed E-state index contributed by atoms with van der Waals surface area (Å²) < 4.78 is 32.0. The van der Waals surface area contributed by atoms with E-state index >= 15 is 8.78 Å². The van der Waals surface area contributed by atoms with Crippen LogP contribution in [-0.4, -0.2) is 68.2 Å². The zero-order valence-electron chi connectivity index (χ0n) is 16.3. The molecule has 0 radical (unpaired) electrons. The molecule has 0 spiro atoms. The fourth-order valence-corrected chi connectivity index (χ4v) is 6.84. The molecule has 9 atom stereocenters. The van der Waals surface area contributed by atoms with Gasteiger partial charge in [-0.2, -0.15) is 0 Å². The standard InChI is InChI=1S/C21H26F2O6/c1-18-4-3-10(25)5-13(18)14(22)6-12-11-7-15(26)21(29,17(28)9-24)19(11,2)8-16(27)20(12,18)23/h3-5,11-12,14-16,24,26-27,29H,6-9H2,1-2H3/t11-,12?,14-,15+,16-,18?,19-,20-,21-/m0/s1. The second-order valence-corrected chi connectivity index (χ2v) is 9.46. The Balaban J connectivity index is 1.87. The lowest BCUT2D eigenvalue weighted by Gasteiger charge is -2.62. The maximum atomic E-state index is 16.8. The second-order valence-electron chi connectivity index (χ2n) is 9.46. The molecule has 4 N–H and O–H groups in total.